The van der Waals surface area contributed by atoms with Crippen LogP contribution in [-0.4, -0.2) is 0 Å². The molecule has 0 unspecified atom stereocenters. The molecule has 260 valence electrons. The number of hydrogen-bond acceptors (Lipinski definition) is 2. The minimum absolute atomic E-state index is 0.0166. The Kier molecular flexibility index (Phi) is 7.37. The molecule has 7 aromatic rings. The van der Waals surface area contributed by atoms with Crippen molar-refractivity contribution in [2.75, 3.05) is 11.1 Å². The summed E-state index contributed by atoms with van der Waals surface area (Å²) in [4.78, 5) is 0. The van der Waals surface area contributed by atoms with Crippen LogP contribution in [0.15, 0.2) is 152 Å². The van der Waals surface area contributed by atoms with Crippen LogP contribution in [0.3, 0.4) is 0 Å². The maximum Gasteiger partial charge on any atom is 0.0725 e. The number of para-hydroxylation sites is 3. The molecule has 9 rings (SSSR count). The Morgan fingerprint density at radius 2 is 0.887 bits per heavy atom. The summed E-state index contributed by atoms with van der Waals surface area (Å²) in [5, 5.41) is 3.91. The fraction of sp³-hybridized carbons (Fsp3) is 0.176. The third-order valence-electron chi connectivity index (χ3n) is 11.6. The van der Waals surface area contributed by atoms with Crippen molar-refractivity contribution in [3.8, 4) is 44.5 Å². The molecular formula is C51H46N2. The van der Waals surface area contributed by atoms with Gasteiger partial charge in [-0.3, -0.25) is 0 Å². The minimum Gasteiger partial charge on any atom is -0.397 e. The van der Waals surface area contributed by atoms with Gasteiger partial charge in [-0.05, 0) is 89.7 Å². The Morgan fingerprint density at radius 3 is 1.49 bits per heavy atom. The van der Waals surface area contributed by atoms with E-state index < -0.39 is 5.41 Å². The van der Waals surface area contributed by atoms with E-state index in [-0.39, 0.29) is 10.8 Å². The minimum atomic E-state index is -0.410. The molecule has 2 heteroatoms. The number of hydrogen-bond donors (Lipinski definition) is 2. The summed E-state index contributed by atoms with van der Waals surface area (Å²) in [6, 6.07) is 56.1. The first-order valence-electron chi connectivity index (χ1n) is 18.8. The smallest absolute Gasteiger partial charge is 0.0725 e. The highest BCUT2D eigenvalue weighted by atomic mass is 14.9. The molecule has 0 fully saturated rings. The molecule has 53 heavy (non-hydrogen) atoms. The monoisotopic (exact) mass is 686 g/mol. The van der Waals surface area contributed by atoms with Crippen LogP contribution in [0.5, 0.6) is 0 Å². The van der Waals surface area contributed by atoms with Gasteiger partial charge in [-0.25, -0.2) is 0 Å². The van der Waals surface area contributed by atoms with Crippen LogP contribution < -0.4 is 11.1 Å². The molecule has 0 radical (unpaired) electrons. The number of nitrogen functional groups attached to an aromatic ring is 1. The maximum atomic E-state index is 6.67. The van der Waals surface area contributed by atoms with E-state index in [1.54, 1.807) is 0 Å². The molecule has 0 saturated heterocycles. The SMILES string of the molecule is CC(C)(C)c1cc(-c2cccc(-c3cccc4c3-c3ccccc3C43c4ccccc4-c4ccccc43)c2Nc2ccccc2N)cc(C(C)(C)C)c1. The molecule has 3 N–H and O–H groups in total. The second-order valence-electron chi connectivity index (χ2n) is 16.9. The molecule has 0 atom stereocenters. The van der Waals surface area contributed by atoms with Gasteiger partial charge in [0.2, 0.25) is 0 Å². The van der Waals surface area contributed by atoms with Crippen LogP contribution in [-0.2, 0) is 16.2 Å². The molecular weight excluding hydrogens is 641 g/mol. The lowest BCUT2D eigenvalue weighted by Gasteiger charge is -2.30. The van der Waals surface area contributed by atoms with Crippen molar-refractivity contribution in [2.45, 2.75) is 57.8 Å². The van der Waals surface area contributed by atoms with Crippen molar-refractivity contribution in [3.05, 3.63) is 185 Å². The van der Waals surface area contributed by atoms with Crippen molar-refractivity contribution >= 4 is 17.1 Å². The largest absolute Gasteiger partial charge is 0.397 e. The summed E-state index contributed by atoms with van der Waals surface area (Å²) in [6.45, 7) is 13.8. The number of nitrogens with one attached hydrogen (secondary N) is 1. The average Bonchev–Trinajstić information content (AvgIpc) is 3.63. The van der Waals surface area contributed by atoms with E-state index in [0.717, 1.165) is 22.5 Å². The Labute approximate surface area is 314 Å². The van der Waals surface area contributed by atoms with Crippen molar-refractivity contribution in [1.82, 2.24) is 0 Å². The van der Waals surface area contributed by atoms with E-state index in [9.17, 15) is 0 Å². The van der Waals surface area contributed by atoms with E-state index in [1.807, 2.05) is 18.2 Å². The fourth-order valence-corrected chi connectivity index (χ4v) is 8.91. The molecule has 0 saturated carbocycles. The molecule has 0 aliphatic heterocycles. The van der Waals surface area contributed by atoms with Crippen molar-refractivity contribution in [2.24, 2.45) is 0 Å². The predicted octanol–water partition coefficient (Wildman–Crippen LogP) is 13.3. The molecule has 0 aromatic heterocycles. The van der Waals surface area contributed by atoms with E-state index in [2.05, 4.69) is 180 Å². The van der Waals surface area contributed by atoms with E-state index in [1.165, 1.54) is 66.8 Å². The van der Waals surface area contributed by atoms with Gasteiger partial charge in [0, 0.05) is 11.1 Å². The lowest BCUT2D eigenvalue weighted by Crippen LogP contribution is -2.25. The van der Waals surface area contributed by atoms with Crippen LogP contribution in [0.25, 0.3) is 44.5 Å². The molecule has 0 amide bonds. The highest BCUT2D eigenvalue weighted by Gasteiger charge is 2.52. The first-order valence-corrected chi connectivity index (χ1v) is 18.8. The number of nitrogens with two attached hydrogens (primary N) is 1. The Morgan fingerprint density at radius 1 is 0.434 bits per heavy atom. The molecule has 2 aliphatic carbocycles. The zero-order valence-corrected chi connectivity index (χ0v) is 31.5. The lowest BCUT2D eigenvalue weighted by molar-refractivity contribution is 0.569. The number of fused-ring (bicyclic) bond motifs is 10. The summed E-state index contributed by atoms with van der Waals surface area (Å²) in [6.07, 6.45) is 0. The van der Waals surface area contributed by atoms with Crippen LogP contribution in [0.1, 0.15) is 74.9 Å². The second kappa shape index (κ2) is 11.8. The summed E-state index contributed by atoms with van der Waals surface area (Å²) < 4.78 is 0. The molecule has 2 aliphatic rings. The number of rotatable bonds is 4. The van der Waals surface area contributed by atoms with Gasteiger partial charge in [-0.2, -0.15) is 0 Å². The van der Waals surface area contributed by atoms with Gasteiger partial charge in [0.1, 0.15) is 0 Å². The van der Waals surface area contributed by atoms with Gasteiger partial charge in [0.05, 0.1) is 22.5 Å². The number of benzene rings is 7. The summed E-state index contributed by atoms with van der Waals surface area (Å²) in [7, 11) is 0. The van der Waals surface area contributed by atoms with Gasteiger partial charge >= 0.3 is 0 Å². The van der Waals surface area contributed by atoms with Crippen LogP contribution >= 0.6 is 0 Å². The van der Waals surface area contributed by atoms with Gasteiger partial charge in [0.25, 0.3) is 0 Å². The Hall–Kier alpha value is -5.86. The normalized spacial score (nSPS) is 13.7. The van der Waals surface area contributed by atoms with Gasteiger partial charge in [0.15, 0.2) is 0 Å². The molecule has 0 heterocycles. The average molecular weight is 687 g/mol. The number of anilines is 3. The molecule has 0 bridgehead atoms. The predicted molar refractivity (Wildman–Crippen MR) is 225 cm³/mol. The Bertz CT molecular complexity index is 2500. The third-order valence-corrected chi connectivity index (χ3v) is 11.6. The second-order valence-corrected chi connectivity index (χ2v) is 16.9. The van der Waals surface area contributed by atoms with Crippen LogP contribution in [0, 0.1) is 0 Å². The lowest BCUT2D eigenvalue weighted by atomic mass is 9.70. The van der Waals surface area contributed by atoms with Gasteiger partial charge in [-0.1, -0.05) is 181 Å². The summed E-state index contributed by atoms with van der Waals surface area (Å²) >= 11 is 0. The zero-order chi connectivity index (χ0) is 36.7. The Balaban J connectivity index is 1.36. The van der Waals surface area contributed by atoms with Crippen molar-refractivity contribution in [3.63, 3.8) is 0 Å². The zero-order valence-electron chi connectivity index (χ0n) is 31.5. The highest BCUT2D eigenvalue weighted by molar-refractivity contribution is 6.04. The van der Waals surface area contributed by atoms with Crippen LogP contribution in [0.4, 0.5) is 17.1 Å². The standard InChI is InChI=1S/C51H46N2/c1-49(2,3)33-29-32(30-34(31-33)50(4,5)6)35-20-15-22-39(48(35)53-46-28-14-13-27-45(46)52)38-21-16-26-44-47(38)40-19-9-12-25-43(40)51(44)41-23-10-7-17-36(41)37-18-8-11-24-42(37)51/h7-31,53H,52H2,1-6H3. The first kappa shape index (κ1) is 33.0. The molecule has 2 nitrogen and oxygen atoms in total. The summed E-state index contributed by atoms with van der Waals surface area (Å²) in [5.74, 6) is 0. The van der Waals surface area contributed by atoms with Crippen molar-refractivity contribution < 1.29 is 0 Å². The molecule has 1 spiro atoms. The maximum absolute atomic E-state index is 6.67. The summed E-state index contributed by atoms with van der Waals surface area (Å²) in [5.41, 5.74) is 26.8. The van der Waals surface area contributed by atoms with Crippen molar-refractivity contribution in [1.29, 1.82) is 0 Å². The topological polar surface area (TPSA) is 38.0 Å². The van der Waals surface area contributed by atoms with E-state index in [4.69, 9.17) is 5.73 Å². The van der Waals surface area contributed by atoms with Gasteiger partial charge < -0.3 is 11.1 Å². The highest BCUT2D eigenvalue weighted by Crippen LogP contribution is 2.64. The van der Waals surface area contributed by atoms with E-state index in [0.29, 0.717) is 5.69 Å². The van der Waals surface area contributed by atoms with E-state index >= 15 is 0 Å². The quantitative estimate of drug-likeness (QED) is 0.181. The first-order chi connectivity index (χ1) is 25.5. The molecule has 7 aromatic carbocycles. The fourth-order valence-electron chi connectivity index (χ4n) is 8.91. The van der Waals surface area contributed by atoms with Crippen LogP contribution in [0.2, 0.25) is 0 Å². The third kappa shape index (κ3) is 5.00. The van der Waals surface area contributed by atoms with Gasteiger partial charge in [-0.15, -0.1) is 0 Å².